The van der Waals surface area contributed by atoms with E-state index >= 15 is 0 Å². The minimum atomic E-state index is -0.423. The van der Waals surface area contributed by atoms with Gasteiger partial charge in [-0.05, 0) is 19.8 Å². The summed E-state index contributed by atoms with van der Waals surface area (Å²) in [6, 6.07) is 0. The molecular formula is C13H20N6O. The molecule has 1 saturated carbocycles. The average Bonchev–Trinajstić information content (AvgIpc) is 3.10. The maximum atomic E-state index is 12.6. The lowest BCUT2D eigenvalue weighted by molar-refractivity contribution is -0.124. The van der Waals surface area contributed by atoms with Crippen LogP contribution in [0.3, 0.4) is 0 Å². The zero-order valence-corrected chi connectivity index (χ0v) is 11.9. The molecule has 2 heterocycles. The van der Waals surface area contributed by atoms with Crippen molar-refractivity contribution in [1.82, 2.24) is 20.0 Å². The van der Waals surface area contributed by atoms with Gasteiger partial charge in [-0.1, -0.05) is 12.8 Å². The highest BCUT2D eigenvalue weighted by Gasteiger charge is 2.40. The summed E-state index contributed by atoms with van der Waals surface area (Å²) < 4.78 is 1.70. The number of aromatic nitrogens is 4. The van der Waals surface area contributed by atoms with Gasteiger partial charge in [-0.25, -0.2) is 4.68 Å². The topological polar surface area (TPSA) is 102 Å². The van der Waals surface area contributed by atoms with Crippen LogP contribution >= 0.6 is 0 Å². The molecule has 1 fully saturated rings. The number of carbonyl (C=O) groups is 1. The van der Waals surface area contributed by atoms with Crippen LogP contribution in [0.2, 0.25) is 0 Å². The lowest BCUT2D eigenvalue weighted by Crippen LogP contribution is -2.40. The molecule has 0 saturated heterocycles. The van der Waals surface area contributed by atoms with Crippen molar-refractivity contribution in [3.8, 4) is 0 Å². The Morgan fingerprint density at radius 2 is 2.20 bits per heavy atom. The first-order chi connectivity index (χ1) is 9.57. The molecule has 3 rings (SSSR count). The molecule has 0 aromatic carbocycles. The lowest BCUT2D eigenvalue weighted by Gasteiger charge is -2.25. The van der Waals surface area contributed by atoms with Gasteiger partial charge in [0.05, 0.1) is 16.5 Å². The van der Waals surface area contributed by atoms with E-state index in [1.807, 2.05) is 14.0 Å². The van der Waals surface area contributed by atoms with E-state index in [4.69, 9.17) is 5.73 Å². The fourth-order valence-corrected chi connectivity index (χ4v) is 3.14. The molecule has 7 nitrogen and oxygen atoms in total. The summed E-state index contributed by atoms with van der Waals surface area (Å²) in [7, 11) is 1.83. The van der Waals surface area contributed by atoms with Crippen LogP contribution in [-0.4, -0.2) is 32.4 Å². The third kappa shape index (κ3) is 1.81. The van der Waals surface area contributed by atoms with Crippen LogP contribution in [-0.2, 0) is 11.8 Å². The highest BCUT2D eigenvalue weighted by atomic mass is 16.2. The smallest absolute Gasteiger partial charge is 0.233 e. The predicted molar refractivity (Wildman–Crippen MR) is 76.2 cm³/mol. The number of aryl methyl sites for hydroxylation is 2. The number of anilines is 1. The standard InChI is InChI=1S/C13H20N6O/c1-8-9-10(16-17-11(9)19(2)18-8)15-12(20)13(7-14)5-3-4-6-13/h3-7,14H2,1-2H3,(H2,15,16,17,20). The second-order valence-electron chi connectivity index (χ2n) is 5.65. The Labute approximate surface area is 116 Å². The van der Waals surface area contributed by atoms with Crippen molar-refractivity contribution in [1.29, 1.82) is 0 Å². The van der Waals surface area contributed by atoms with Crippen LogP contribution < -0.4 is 11.1 Å². The number of fused-ring (bicyclic) bond motifs is 1. The second-order valence-corrected chi connectivity index (χ2v) is 5.65. The van der Waals surface area contributed by atoms with Crippen molar-refractivity contribution in [3.63, 3.8) is 0 Å². The molecule has 0 spiro atoms. The van der Waals surface area contributed by atoms with E-state index in [2.05, 4.69) is 20.6 Å². The summed E-state index contributed by atoms with van der Waals surface area (Å²) in [6.45, 7) is 2.30. The van der Waals surface area contributed by atoms with E-state index in [1.165, 1.54) is 0 Å². The van der Waals surface area contributed by atoms with Gasteiger partial charge in [0, 0.05) is 13.6 Å². The van der Waals surface area contributed by atoms with Crippen LogP contribution in [0.5, 0.6) is 0 Å². The molecule has 2 aromatic rings. The zero-order valence-electron chi connectivity index (χ0n) is 11.9. The van der Waals surface area contributed by atoms with Crippen LogP contribution in [0, 0.1) is 12.3 Å². The molecule has 108 valence electrons. The molecule has 1 amide bonds. The number of nitrogens with zero attached hydrogens (tertiary/aromatic N) is 3. The van der Waals surface area contributed by atoms with Crippen LogP contribution in [0.1, 0.15) is 31.4 Å². The first-order valence-corrected chi connectivity index (χ1v) is 6.96. The minimum absolute atomic E-state index is 0.00805. The number of H-pyrrole nitrogens is 1. The molecule has 1 aliphatic carbocycles. The molecule has 20 heavy (non-hydrogen) atoms. The molecule has 0 atom stereocenters. The Balaban J connectivity index is 1.91. The van der Waals surface area contributed by atoms with Crippen LogP contribution in [0.25, 0.3) is 11.0 Å². The Bertz CT molecular complexity index is 649. The number of hydrogen-bond acceptors (Lipinski definition) is 4. The Hall–Kier alpha value is -1.89. The molecule has 2 aromatic heterocycles. The normalized spacial score (nSPS) is 17.8. The Kier molecular flexibility index (Phi) is 3.01. The summed E-state index contributed by atoms with van der Waals surface area (Å²) in [5.41, 5.74) is 7.01. The maximum absolute atomic E-state index is 12.6. The van der Waals surface area contributed by atoms with Gasteiger partial charge in [0.2, 0.25) is 5.91 Å². The van der Waals surface area contributed by atoms with Crippen molar-refractivity contribution in [2.45, 2.75) is 32.6 Å². The SMILES string of the molecule is Cc1nn(C)c2n[nH]c(NC(=O)C3(CN)CCCC3)c12. The molecule has 7 heteroatoms. The Morgan fingerprint density at radius 1 is 1.50 bits per heavy atom. The summed E-state index contributed by atoms with van der Waals surface area (Å²) in [5.74, 6) is 0.613. The van der Waals surface area contributed by atoms with E-state index in [0.717, 1.165) is 42.4 Å². The largest absolute Gasteiger partial charge is 0.329 e. The number of nitrogens with one attached hydrogen (secondary N) is 2. The van der Waals surface area contributed by atoms with Gasteiger partial charge in [-0.3, -0.25) is 9.89 Å². The van der Waals surface area contributed by atoms with Crippen molar-refractivity contribution in [3.05, 3.63) is 5.69 Å². The molecule has 0 unspecified atom stereocenters. The van der Waals surface area contributed by atoms with E-state index in [-0.39, 0.29) is 5.91 Å². The third-order valence-electron chi connectivity index (χ3n) is 4.39. The number of rotatable bonds is 3. The van der Waals surface area contributed by atoms with Gasteiger partial charge >= 0.3 is 0 Å². The highest BCUT2D eigenvalue weighted by Crippen LogP contribution is 2.38. The summed E-state index contributed by atoms with van der Waals surface area (Å²) in [5, 5.41) is 15.2. The lowest BCUT2D eigenvalue weighted by atomic mass is 9.85. The van der Waals surface area contributed by atoms with Crippen LogP contribution in [0.15, 0.2) is 0 Å². The van der Waals surface area contributed by atoms with E-state index in [0.29, 0.717) is 12.4 Å². The number of carbonyl (C=O) groups excluding carboxylic acids is 1. The number of hydrogen-bond donors (Lipinski definition) is 3. The number of amides is 1. The van der Waals surface area contributed by atoms with Gasteiger partial charge in [-0.2, -0.15) is 10.2 Å². The Morgan fingerprint density at radius 3 is 2.85 bits per heavy atom. The van der Waals surface area contributed by atoms with Gasteiger partial charge in [0.25, 0.3) is 0 Å². The van der Waals surface area contributed by atoms with Crippen molar-refractivity contribution in [2.24, 2.45) is 18.2 Å². The quantitative estimate of drug-likeness (QED) is 0.780. The van der Waals surface area contributed by atoms with E-state index in [1.54, 1.807) is 4.68 Å². The number of aromatic amines is 1. The van der Waals surface area contributed by atoms with Gasteiger partial charge in [-0.15, -0.1) is 0 Å². The molecule has 0 aliphatic heterocycles. The fourth-order valence-electron chi connectivity index (χ4n) is 3.14. The first-order valence-electron chi connectivity index (χ1n) is 6.96. The monoisotopic (exact) mass is 276 g/mol. The van der Waals surface area contributed by atoms with Gasteiger partial charge in [0.1, 0.15) is 5.82 Å². The predicted octanol–water partition coefficient (Wildman–Crippen LogP) is 1.06. The summed E-state index contributed by atoms with van der Waals surface area (Å²) in [4.78, 5) is 12.6. The molecule has 0 bridgehead atoms. The molecule has 1 aliphatic rings. The summed E-state index contributed by atoms with van der Waals surface area (Å²) in [6.07, 6.45) is 3.85. The van der Waals surface area contributed by atoms with Crippen molar-refractivity contribution < 1.29 is 4.79 Å². The van der Waals surface area contributed by atoms with Crippen molar-refractivity contribution >= 4 is 22.8 Å². The maximum Gasteiger partial charge on any atom is 0.233 e. The molecule has 0 radical (unpaired) electrons. The first kappa shape index (κ1) is 13.1. The highest BCUT2D eigenvalue weighted by molar-refractivity contribution is 6.02. The second kappa shape index (κ2) is 4.59. The average molecular weight is 276 g/mol. The summed E-state index contributed by atoms with van der Waals surface area (Å²) >= 11 is 0. The van der Waals surface area contributed by atoms with Crippen molar-refractivity contribution in [2.75, 3.05) is 11.9 Å². The molecule has 4 N–H and O–H groups in total. The van der Waals surface area contributed by atoms with E-state index < -0.39 is 5.41 Å². The fraction of sp³-hybridized carbons (Fsp3) is 0.615. The number of nitrogens with two attached hydrogens (primary N) is 1. The zero-order chi connectivity index (χ0) is 14.3. The van der Waals surface area contributed by atoms with E-state index in [9.17, 15) is 4.79 Å². The van der Waals surface area contributed by atoms with Gasteiger partial charge in [0.15, 0.2) is 5.65 Å². The third-order valence-corrected chi connectivity index (χ3v) is 4.39. The molecular weight excluding hydrogens is 256 g/mol. The van der Waals surface area contributed by atoms with Crippen LogP contribution in [0.4, 0.5) is 5.82 Å². The van der Waals surface area contributed by atoms with Gasteiger partial charge < -0.3 is 11.1 Å². The minimum Gasteiger partial charge on any atom is -0.329 e.